The molecule has 166 valence electrons. The number of anilines is 1. The maximum atomic E-state index is 13.1. The fourth-order valence-corrected chi connectivity index (χ4v) is 5.11. The third kappa shape index (κ3) is 3.92. The molecule has 1 aliphatic heterocycles. The molecule has 32 heavy (non-hydrogen) atoms. The molecule has 1 amide bonds. The highest BCUT2D eigenvalue weighted by molar-refractivity contribution is 7.89. The van der Waals surface area contributed by atoms with Crippen molar-refractivity contribution in [3.63, 3.8) is 0 Å². The van der Waals surface area contributed by atoms with Crippen LogP contribution < -0.4 is 4.90 Å². The van der Waals surface area contributed by atoms with Crippen LogP contribution in [0.5, 0.6) is 0 Å². The van der Waals surface area contributed by atoms with E-state index < -0.39 is 10.0 Å². The summed E-state index contributed by atoms with van der Waals surface area (Å²) < 4.78 is 32.7. The molecule has 0 N–H and O–H groups in total. The van der Waals surface area contributed by atoms with E-state index in [1.807, 2.05) is 0 Å². The second kappa shape index (κ2) is 7.99. The number of benzene rings is 2. The Labute approximate surface area is 190 Å². The zero-order chi connectivity index (χ0) is 22.5. The normalized spacial score (nSPS) is 15.9. The summed E-state index contributed by atoms with van der Waals surface area (Å²) in [4.78, 5) is 18.7. The molecule has 3 aromatic rings. The molecule has 1 saturated carbocycles. The van der Waals surface area contributed by atoms with Crippen molar-refractivity contribution in [2.75, 3.05) is 18.5 Å². The van der Waals surface area contributed by atoms with Gasteiger partial charge in [0.25, 0.3) is 0 Å². The third-order valence-electron chi connectivity index (χ3n) is 5.78. The summed E-state index contributed by atoms with van der Waals surface area (Å²) in [6, 6.07) is 11.9. The lowest BCUT2D eigenvalue weighted by Gasteiger charge is -2.18. The van der Waals surface area contributed by atoms with E-state index in [9.17, 15) is 13.2 Å². The Morgan fingerprint density at radius 3 is 2.69 bits per heavy atom. The number of fused-ring (bicyclic) bond motifs is 1. The molecule has 0 radical (unpaired) electrons. The molecule has 2 heterocycles. The number of rotatable bonds is 6. The third-order valence-corrected chi connectivity index (χ3v) is 7.83. The largest absolute Gasteiger partial charge is 0.338 e. The van der Waals surface area contributed by atoms with Gasteiger partial charge in [-0.1, -0.05) is 16.8 Å². The van der Waals surface area contributed by atoms with Crippen LogP contribution >= 0.6 is 11.6 Å². The van der Waals surface area contributed by atoms with Crippen molar-refractivity contribution in [2.24, 2.45) is 5.92 Å². The van der Waals surface area contributed by atoms with E-state index in [1.54, 1.807) is 47.4 Å². The highest BCUT2D eigenvalue weighted by atomic mass is 35.5. The van der Waals surface area contributed by atoms with E-state index >= 15 is 0 Å². The second-order valence-electron chi connectivity index (χ2n) is 8.08. The molecule has 2 aliphatic rings. The summed E-state index contributed by atoms with van der Waals surface area (Å²) in [5, 5.41) is 4.52. The van der Waals surface area contributed by atoms with Gasteiger partial charge in [-0.15, -0.1) is 0 Å². The van der Waals surface area contributed by atoms with E-state index in [4.69, 9.17) is 16.1 Å². The Hall–Kier alpha value is -2.75. The number of carbonyl (C=O) groups is 1. The van der Waals surface area contributed by atoms with Gasteiger partial charge in [-0.25, -0.2) is 8.42 Å². The first-order valence-corrected chi connectivity index (χ1v) is 12.1. The first-order chi connectivity index (χ1) is 15.3. The fourth-order valence-electron chi connectivity index (χ4n) is 3.81. The Balaban J connectivity index is 1.32. The van der Waals surface area contributed by atoms with Crippen LogP contribution in [0.1, 0.15) is 24.3 Å². The zero-order valence-electron chi connectivity index (χ0n) is 17.4. The summed E-state index contributed by atoms with van der Waals surface area (Å²) in [5.74, 6) is 0.816. The van der Waals surface area contributed by atoms with Gasteiger partial charge in [0.2, 0.25) is 27.6 Å². The maximum Gasteiger partial charge on any atom is 0.243 e. The number of amides is 1. The van der Waals surface area contributed by atoms with Crippen molar-refractivity contribution in [3.8, 4) is 11.4 Å². The average Bonchev–Trinajstić information content (AvgIpc) is 3.39. The SMILES string of the molecule is CN(Cc1nc(-c2ccc(Cl)cc2)no1)S(=O)(=O)c1ccc2c(c1)CCN2C(=O)C1CC1. The van der Waals surface area contributed by atoms with Gasteiger partial charge in [-0.3, -0.25) is 4.79 Å². The van der Waals surface area contributed by atoms with Gasteiger partial charge in [0.1, 0.15) is 0 Å². The van der Waals surface area contributed by atoms with Gasteiger partial charge in [0.05, 0.1) is 11.4 Å². The van der Waals surface area contributed by atoms with Crippen molar-refractivity contribution in [1.29, 1.82) is 0 Å². The minimum Gasteiger partial charge on any atom is -0.338 e. The van der Waals surface area contributed by atoms with E-state index in [0.29, 0.717) is 23.8 Å². The molecule has 0 unspecified atom stereocenters. The van der Waals surface area contributed by atoms with Crippen molar-refractivity contribution < 1.29 is 17.7 Å². The Morgan fingerprint density at radius 2 is 1.97 bits per heavy atom. The van der Waals surface area contributed by atoms with Gasteiger partial charge < -0.3 is 9.42 Å². The second-order valence-corrected chi connectivity index (χ2v) is 10.6. The molecular weight excluding hydrogens is 452 g/mol. The molecule has 1 aliphatic carbocycles. The van der Waals surface area contributed by atoms with Crippen LogP contribution in [-0.4, -0.2) is 42.4 Å². The molecule has 1 aromatic heterocycles. The van der Waals surface area contributed by atoms with Crippen molar-refractivity contribution in [2.45, 2.75) is 30.7 Å². The van der Waals surface area contributed by atoms with Gasteiger partial charge in [-0.2, -0.15) is 9.29 Å². The monoisotopic (exact) mass is 472 g/mol. The van der Waals surface area contributed by atoms with Crippen LogP contribution in [0.15, 0.2) is 51.9 Å². The van der Waals surface area contributed by atoms with E-state index in [-0.39, 0.29) is 29.2 Å². The van der Waals surface area contributed by atoms with Gasteiger partial charge >= 0.3 is 0 Å². The van der Waals surface area contributed by atoms with Crippen molar-refractivity contribution in [1.82, 2.24) is 14.4 Å². The minimum atomic E-state index is -3.78. The number of nitrogens with zero attached hydrogens (tertiary/aromatic N) is 4. The van der Waals surface area contributed by atoms with Crippen molar-refractivity contribution in [3.05, 3.63) is 58.9 Å². The number of carbonyl (C=O) groups excluding carboxylic acids is 1. The number of hydrogen-bond donors (Lipinski definition) is 0. The molecule has 0 atom stereocenters. The van der Waals surface area contributed by atoms with Gasteiger partial charge in [0.15, 0.2) is 0 Å². The summed E-state index contributed by atoms with van der Waals surface area (Å²) in [7, 11) is -2.31. The molecule has 2 aromatic carbocycles. The Morgan fingerprint density at radius 1 is 1.22 bits per heavy atom. The minimum absolute atomic E-state index is 0.0632. The summed E-state index contributed by atoms with van der Waals surface area (Å²) in [5.41, 5.74) is 2.41. The van der Waals surface area contributed by atoms with E-state index in [2.05, 4.69) is 10.1 Å². The van der Waals surface area contributed by atoms with Crippen LogP contribution in [0.4, 0.5) is 5.69 Å². The lowest BCUT2D eigenvalue weighted by molar-refractivity contribution is -0.119. The molecule has 0 spiro atoms. The molecule has 5 rings (SSSR count). The first kappa shape index (κ1) is 21.1. The van der Waals surface area contributed by atoms with Gasteiger partial charge in [0, 0.05) is 35.8 Å². The number of hydrogen-bond acceptors (Lipinski definition) is 6. The predicted octanol–water partition coefficient (Wildman–Crippen LogP) is 3.51. The molecular formula is C22H21ClN4O4S. The van der Waals surface area contributed by atoms with Crippen LogP contribution in [0.3, 0.4) is 0 Å². The van der Waals surface area contributed by atoms with Gasteiger partial charge in [-0.05, 0) is 67.3 Å². The van der Waals surface area contributed by atoms with Crippen LogP contribution in [0.25, 0.3) is 11.4 Å². The van der Waals surface area contributed by atoms with Crippen molar-refractivity contribution >= 4 is 33.2 Å². The smallest absolute Gasteiger partial charge is 0.243 e. The summed E-state index contributed by atoms with van der Waals surface area (Å²) >= 11 is 5.90. The summed E-state index contributed by atoms with van der Waals surface area (Å²) in [6.45, 7) is 0.533. The fraction of sp³-hybridized carbons (Fsp3) is 0.318. The van der Waals surface area contributed by atoms with Crippen LogP contribution in [0.2, 0.25) is 5.02 Å². The maximum absolute atomic E-state index is 13.1. The van der Waals surface area contributed by atoms with Crippen LogP contribution in [0, 0.1) is 5.92 Å². The highest BCUT2D eigenvalue weighted by Gasteiger charge is 2.37. The Bertz CT molecular complexity index is 1290. The molecule has 10 heteroatoms. The quantitative estimate of drug-likeness (QED) is 0.544. The number of sulfonamides is 1. The first-order valence-electron chi connectivity index (χ1n) is 10.3. The molecule has 1 fully saturated rings. The topological polar surface area (TPSA) is 96.6 Å². The predicted molar refractivity (Wildman–Crippen MR) is 119 cm³/mol. The molecule has 8 nitrogen and oxygen atoms in total. The number of aromatic nitrogens is 2. The number of halogens is 1. The zero-order valence-corrected chi connectivity index (χ0v) is 18.9. The highest BCUT2D eigenvalue weighted by Crippen LogP contribution is 2.37. The average molecular weight is 473 g/mol. The molecule has 0 saturated heterocycles. The molecule has 0 bridgehead atoms. The van der Waals surface area contributed by atoms with Crippen LogP contribution in [-0.2, 0) is 27.8 Å². The van der Waals surface area contributed by atoms with E-state index in [1.165, 1.54) is 11.4 Å². The van der Waals surface area contributed by atoms with E-state index in [0.717, 1.165) is 29.7 Å². The lowest BCUT2D eigenvalue weighted by atomic mass is 10.2. The summed E-state index contributed by atoms with van der Waals surface area (Å²) in [6.07, 6.45) is 2.53. The standard InChI is InChI=1S/C22H21ClN4O4S/c1-26(13-20-24-21(25-31-20)14-4-6-17(23)7-5-14)32(29,30)18-8-9-19-16(12-18)10-11-27(19)22(28)15-2-3-15/h4-9,12,15H,2-3,10-11,13H2,1H3. The lowest BCUT2D eigenvalue weighted by Crippen LogP contribution is -2.30. The Kier molecular flexibility index (Phi) is 5.27.